The lowest BCUT2D eigenvalue weighted by Gasteiger charge is -2.15. The van der Waals surface area contributed by atoms with Gasteiger partial charge in [-0.15, -0.1) is 13.2 Å². The maximum Gasteiger partial charge on any atom is 0.573 e. The van der Waals surface area contributed by atoms with E-state index >= 15 is 0 Å². The van der Waals surface area contributed by atoms with Gasteiger partial charge in [0.05, 0.1) is 12.1 Å². The summed E-state index contributed by atoms with van der Waals surface area (Å²) in [5, 5.41) is 13.9. The molecule has 0 aliphatic carbocycles. The maximum atomic E-state index is 12.0. The van der Waals surface area contributed by atoms with Gasteiger partial charge in [0.25, 0.3) is 0 Å². The highest BCUT2D eigenvalue weighted by molar-refractivity contribution is 5.51. The first-order valence-electron chi connectivity index (χ1n) is 6.41. The van der Waals surface area contributed by atoms with Gasteiger partial charge in [-0.1, -0.05) is 24.3 Å². The van der Waals surface area contributed by atoms with Crippen LogP contribution in [0.2, 0.25) is 0 Å². The van der Waals surface area contributed by atoms with Gasteiger partial charge in [0, 0.05) is 0 Å². The van der Waals surface area contributed by atoms with Crippen molar-refractivity contribution in [2.45, 2.75) is 25.4 Å². The second kappa shape index (κ2) is 6.61. The predicted molar refractivity (Wildman–Crippen MR) is 72.9 cm³/mol. The van der Waals surface area contributed by atoms with Crippen LogP contribution in [0.5, 0.6) is 5.75 Å². The molecule has 8 heteroatoms. The van der Waals surface area contributed by atoms with Crippen LogP contribution in [-0.2, 0) is 0 Å². The molecular weight excluding hydrogens is 299 g/mol. The Morgan fingerprint density at radius 2 is 1.95 bits per heavy atom. The van der Waals surface area contributed by atoms with Gasteiger partial charge in [0.15, 0.2) is 0 Å². The molecule has 0 aliphatic rings. The highest BCUT2D eigenvalue weighted by atomic mass is 19.4. The summed E-state index contributed by atoms with van der Waals surface area (Å²) in [4.78, 5) is 3.79. The zero-order chi connectivity index (χ0) is 16.2. The smallest absolute Gasteiger partial charge is 0.406 e. The minimum absolute atomic E-state index is 0.291. The van der Waals surface area contributed by atoms with E-state index in [9.17, 15) is 18.3 Å². The SMILES string of the molecule is CC(C(O)C=Cc1ccc(OC(F)(F)F)cc1)n1cncn1. The van der Waals surface area contributed by atoms with Crippen molar-refractivity contribution >= 4 is 6.08 Å². The van der Waals surface area contributed by atoms with Crippen molar-refractivity contribution in [3.8, 4) is 5.75 Å². The summed E-state index contributed by atoms with van der Waals surface area (Å²) in [6, 6.07) is 5.03. The lowest BCUT2D eigenvalue weighted by Crippen LogP contribution is -2.19. The molecule has 0 fully saturated rings. The Labute approximate surface area is 124 Å². The Morgan fingerprint density at radius 3 is 2.50 bits per heavy atom. The molecule has 22 heavy (non-hydrogen) atoms. The Bertz CT molecular complexity index is 609. The quantitative estimate of drug-likeness (QED) is 0.922. The van der Waals surface area contributed by atoms with E-state index in [0.717, 1.165) is 0 Å². The van der Waals surface area contributed by atoms with Crippen LogP contribution >= 0.6 is 0 Å². The molecule has 0 radical (unpaired) electrons. The summed E-state index contributed by atoms with van der Waals surface area (Å²) in [6.45, 7) is 1.77. The van der Waals surface area contributed by atoms with Crippen molar-refractivity contribution < 1.29 is 23.0 Å². The Morgan fingerprint density at radius 1 is 1.27 bits per heavy atom. The van der Waals surface area contributed by atoms with Crippen LogP contribution in [-0.4, -0.2) is 32.3 Å². The van der Waals surface area contributed by atoms with Crippen LogP contribution in [0.4, 0.5) is 13.2 Å². The number of halogens is 3. The van der Waals surface area contributed by atoms with Gasteiger partial charge in [-0.05, 0) is 24.6 Å². The molecular formula is C14H14F3N3O2. The molecule has 0 spiro atoms. The zero-order valence-electron chi connectivity index (χ0n) is 11.6. The molecule has 0 bridgehead atoms. The van der Waals surface area contributed by atoms with Crippen LogP contribution in [0.25, 0.3) is 6.08 Å². The van der Waals surface area contributed by atoms with E-state index in [-0.39, 0.29) is 11.8 Å². The maximum absolute atomic E-state index is 12.0. The molecule has 0 amide bonds. The molecule has 5 nitrogen and oxygen atoms in total. The fourth-order valence-corrected chi connectivity index (χ4v) is 1.74. The summed E-state index contributed by atoms with van der Waals surface area (Å²) < 4.78 is 41.4. The largest absolute Gasteiger partial charge is 0.573 e. The monoisotopic (exact) mass is 313 g/mol. The van der Waals surface area contributed by atoms with Crippen LogP contribution in [0.15, 0.2) is 43.0 Å². The number of aliphatic hydroxyl groups excluding tert-OH is 1. The van der Waals surface area contributed by atoms with Crippen molar-refractivity contribution in [3.05, 3.63) is 48.6 Å². The minimum atomic E-state index is -4.71. The first-order valence-corrected chi connectivity index (χ1v) is 6.41. The van der Waals surface area contributed by atoms with Gasteiger partial charge >= 0.3 is 6.36 Å². The molecule has 2 aromatic rings. The van der Waals surface area contributed by atoms with E-state index in [1.54, 1.807) is 13.0 Å². The molecule has 118 valence electrons. The molecule has 1 N–H and O–H groups in total. The van der Waals surface area contributed by atoms with Gasteiger partial charge in [0.2, 0.25) is 0 Å². The molecule has 0 saturated carbocycles. The lowest BCUT2D eigenvalue weighted by molar-refractivity contribution is -0.274. The number of alkyl halides is 3. The molecule has 0 aliphatic heterocycles. The Kier molecular flexibility index (Phi) is 4.81. The predicted octanol–water partition coefficient (Wildman–Crippen LogP) is 2.81. The molecule has 1 aromatic carbocycles. The number of aliphatic hydroxyl groups is 1. The van der Waals surface area contributed by atoms with E-state index < -0.39 is 12.5 Å². The average molecular weight is 313 g/mol. The number of nitrogens with zero attached hydrogens (tertiary/aromatic N) is 3. The Balaban J connectivity index is 1.98. The van der Waals surface area contributed by atoms with E-state index in [4.69, 9.17) is 0 Å². The van der Waals surface area contributed by atoms with E-state index in [1.807, 2.05) is 0 Å². The van der Waals surface area contributed by atoms with Crippen LogP contribution in [0.3, 0.4) is 0 Å². The number of rotatable bonds is 5. The molecule has 2 atom stereocenters. The fraction of sp³-hybridized carbons (Fsp3) is 0.286. The van der Waals surface area contributed by atoms with Crippen LogP contribution in [0, 0.1) is 0 Å². The molecule has 2 unspecified atom stereocenters. The lowest BCUT2D eigenvalue weighted by atomic mass is 10.1. The summed E-state index contributed by atoms with van der Waals surface area (Å²) in [5.74, 6) is -0.291. The number of ether oxygens (including phenoxy) is 1. The highest BCUT2D eigenvalue weighted by Gasteiger charge is 2.30. The van der Waals surface area contributed by atoms with Gasteiger partial charge in [-0.25, -0.2) is 9.67 Å². The molecule has 1 aromatic heterocycles. The summed E-state index contributed by atoms with van der Waals surface area (Å²) in [6.07, 6.45) is 0.479. The zero-order valence-corrected chi connectivity index (χ0v) is 11.6. The number of aromatic nitrogens is 3. The standard InChI is InChI=1S/C14H14F3N3O2/c1-10(20-9-18-8-19-20)13(21)7-4-11-2-5-12(6-3-11)22-14(15,16)17/h2-10,13,21H,1H3. The highest BCUT2D eigenvalue weighted by Crippen LogP contribution is 2.23. The number of benzene rings is 1. The van der Waals surface area contributed by atoms with E-state index in [2.05, 4.69) is 14.8 Å². The summed E-state index contributed by atoms with van der Waals surface area (Å²) in [7, 11) is 0. The van der Waals surface area contributed by atoms with Gasteiger partial charge in [-0.2, -0.15) is 5.10 Å². The van der Waals surface area contributed by atoms with Crippen molar-refractivity contribution in [1.82, 2.24) is 14.8 Å². The number of hydrogen-bond donors (Lipinski definition) is 1. The van der Waals surface area contributed by atoms with Crippen molar-refractivity contribution in [2.24, 2.45) is 0 Å². The van der Waals surface area contributed by atoms with Crippen molar-refractivity contribution in [3.63, 3.8) is 0 Å². The first-order chi connectivity index (χ1) is 10.3. The van der Waals surface area contributed by atoms with Gasteiger partial charge in [0.1, 0.15) is 18.4 Å². The molecule has 0 saturated heterocycles. The van der Waals surface area contributed by atoms with Crippen LogP contribution < -0.4 is 4.74 Å². The normalized spacial score (nSPS) is 15.0. The molecule has 1 heterocycles. The third kappa shape index (κ3) is 4.59. The minimum Gasteiger partial charge on any atom is -0.406 e. The fourth-order valence-electron chi connectivity index (χ4n) is 1.74. The summed E-state index contributed by atoms with van der Waals surface area (Å²) >= 11 is 0. The third-order valence-electron chi connectivity index (χ3n) is 2.95. The second-order valence-corrected chi connectivity index (χ2v) is 4.58. The molecule has 2 rings (SSSR count). The van der Waals surface area contributed by atoms with E-state index in [0.29, 0.717) is 5.56 Å². The second-order valence-electron chi connectivity index (χ2n) is 4.58. The van der Waals surface area contributed by atoms with Crippen molar-refractivity contribution in [1.29, 1.82) is 0 Å². The third-order valence-corrected chi connectivity index (χ3v) is 2.95. The van der Waals surface area contributed by atoms with Gasteiger partial charge < -0.3 is 9.84 Å². The average Bonchev–Trinajstić information content (AvgIpc) is 2.98. The summed E-state index contributed by atoms with van der Waals surface area (Å²) in [5.41, 5.74) is 0.638. The number of hydrogen-bond acceptors (Lipinski definition) is 4. The van der Waals surface area contributed by atoms with E-state index in [1.165, 1.54) is 47.7 Å². The van der Waals surface area contributed by atoms with Crippen molar-refractivity contribution in [2.75, 3.05) is 0 Å². The first kappa shape index (κ1) is 16.0. The van der Waals surface area contributed by atoms with Crippen LogP contribution in [0.1, 0.15) is 18.5 Å². The topological polar surface area (TPSA) is 60.2 Å². The Hall–Kier alpha value is -2.35. The van der Waals surface area contributed by atoms with Gasteiger partial charge in [-0.3, -0.25) is 0 Å².